The van der Waals surface area contributed by atoms with Gasteiger partial charge in [0.2, 0.25) is 0 Å². The summed E-state index contributed by atoms with van der Waals surface area (Å²) in [6.45, 7) is 5.80. The summed E-state index contributed by atoms with van der Waals surface area (Å²) in [5.41, 5.74) is 3.29. The van der Waals surface area contributed by atoms with Gasteiger partial charge in [-0.3, -0.25) is 9.69 Å². The molecule has 0 spiro atoms. The molecule has 112 valence electrons. The number of nitrogens with one attached hydrogen (secondary N) is 1. The van der Waals surface area contributed by atoms with Crippen LogP contribution in [-0.4, -0.2) is 41.3 Å². The van der Waals surface area contributed by atoms with E-state index in [0.717, 1.165) is 49.5 Å². The van der Waals surface area contributed by atoms with Crippen molar-refractivity contribution in [2.45, 2.75) is 20.1 Å². The average molecular weight is 288 g/mol. The largest absolute Gasteiger partial charge is 0.392 e. The third-order valence-electron chi connectivity index (χ3n) is 4.00. The number of hydrogen-bond donors (Lipinski definition) is 2. The Bertz CT molecular complexity index is 702. The van der Waals surface area contributed by atoms with E-state index in [0.29, 0.717) is 10.9 Å². The zero-order chi connectivity index (χ0) is 14.8. The standard InChI is InChI=1S/C16H20N2O3/c1-11-8-17-15-13(10-19)6-12(7-14(15)16(11)20)9-18-2-4-21-5-3-18/h6-8,19H,2-5,9-10H2,1H3,(H,17,20). The molecule has 1 aromatic carbocycles. The molecule has 1 aliphatic heterocycles. The number of morpholine rings is 1. The molecule has 0 saturated carbocycles. The summed E-state index contributed by atoms with van der Waals surface area (Å²) in [6, 6.07) is 3.92. The number of benzene rings is 1. The normalized spacial score (nSPS) is 16.5. The Kier molecular flexibility index (Phi) is 4.05. The third-order valence-corrected chi connectivity index (χ3v) is 4.00. The van der Waals surface area contributed by atoms with Gasteiger partial charge in [0.15, 0.2) is 5.43 Å². The Morgan fingerprint density at radius 3 is 2.81 bits per heavy atom. The Hall–Kier alpha value is -1.69. The molecule has 1 fully saturated rings. The number of pyridine rings is 1. The van der Waals surface area contributed by atoms with Gasteiger partial charge in [-0.25, -0.2) is 0 Å². The SMILES string of the molecule is Cc1c[nH]c2c(CO)cc(CN3CCOCC3)cc2c1=O. The summed E-state index contributed by atoms with van der Waals surface area (Å²) >= 11 is 0. The molecule has 0 atom stereocenters. The third kappa shape index (κ3) is 2.85. The van der Waals surface area contributed by atoms with E-state index in [1.807, 2.05) is 12.1 Å². The van der Waals surface area contributed by atoms with Crippen molar-refractivity contribution in [1.29, 1.82) is 0 Å². The molecule has 2 aromatic rings. The molecule has 1 aromatic heterocycles. The van der Waals surface area contributed by atoms with Crippen LogP contribution in [0.2, 0.25) is 0 Å². The molecule has 0 unspecified atom stereocenters. The summed E-state index contributed by atoms with van der Waals surface area (Å²) < 4.78 is 5.35. The minimum absolute atomic E-state index is 0.0299. The molecule has 2 heterocycles. The second kappa shape index (κ2) is 5.97. The molecule has 5 nitrogen and oxygen atoms in total. The summed E-state index contributed by atoms with van der Waals surface area (Å²) in [5, 5.41) is 10.2. The predicted octanol–water partition coefficient (Wildman–Crippen LogP) is 1.16. The molecule has 0 aliphatic carbocycles. The first kappa shape index (κ1) is 14.3. The molecule has 2 N–H and O–H groups in total. The number of nitrogens with zero attached hydrogens (tertiary/aromatic N) is 1. The first-order chi connectivity index (χ1) is 10.2. The van der Waals surface area contributed by atoms with Gasteiger partial charge in [-0.05, 0) is 18.6 Å². The number of aryl methyl sites for hydroxylation is 1. The Morgan fingerprint density at radius 2 is 2.10 bits per heavy atom. The van der Waals surface area contributed by atoms with Gasteiger partial charge in [-0.1, -0.05) is 6.07 Å². The van der Waals surface area contributed by atoms with Gasteiger partial charge in [0, 0.05) is 42.3 Å². The minimum atomic E-state index is -0.0769. The number of aliphatic hydroxyl groups is 1. The fourth-order valence-corrected chi connectivity index (χ4v) is 2.81. The fraction of sp³-hybridized carbons (Fsp3) is 0.438. The van der Waals surface area contributed by atoms with Crippen molar-refractivity contribution in [2.75, 3.05) is 26.3 Å². The Balaban J connectivity index is 2.03. The molecule has 0 radical (unpaired) electrons. The van der Waals surface area contributed by atoms with Crippen molar-refractivity contribution in [2.24, 2.45) is 0 Å². The summed E-state index contributed by atoms with van der Waals surface area (Å²) in [5.74, 6) is 0. The van der Waals surface area contributed by atoms with Gasteiger partial charge < -0.3 is 14.8 Å². The van der Waals surface area contributed by atoms with Crippen LogP contribution < -0.4 is 5.43 Å². The summed E-state index contributed by atoms with van der Waals surface area (Å²) in [7, 11) is 0. The fourth-order valence-electron chi connectivity index (χ4n) is 2.81. The Morgan fingerprint density at radius 1 is 1.33 bits per heavy atom. The van der Waals surface area contributed by atoms with Gasteiger partial charge >= 0.3 is 0 Å². The van der Waals surface area contributed by atoms with E-state index in [1.54, 1.807) is 13.1 Å². The lowest BCUT2D eigenvalue weighted by atomic mass is 10.0. The van der Waals surface area contributed by atoms with Crippen LogP contribution >= 0.6 is 0 Å². The van der Waals surface area contributed by atoms with Gasteiger partial charge in [0.1, 0.15) is 0 Å². The summed E-state index contributed by atoms with van der Waals surface area (Å²) in [4.78, 5) is 17.7. The zero-order valence-electron chi connectivity index (χ0n) is 12.2. The van der Waals surface area contributed by atoms with Gasteiger partial charge in [-0.15, -0.1) is 0 Å². The van der Waals surface area contributed by atoms with E-state index < -0.39 is 0 Å². The van der Waals surface area contributed by atoms with Crippen molar-refractivity contribution in [3.05, 3.63) is 45.2 Å². The predicted molar refractivity (Wildman–Crippen MR) is 81.3 cm³/mol. The van der Waals surface area contributed by atoms with Crippen molar-refractivity contribution >= 4 is 10.9 Å². The lowest BCUT2D eigenvalue weighted by molar-refractivity contribution is 0.0342. The number of fused-ring (bicyclic) bond motifs is 1. The van der Waals surface area contributed by atoms with E-state index in [4.69, 9.17) is 4.74 Å². The average Bonchev–Trinajstić information content (AvgIpc) is 2.51. The van der Waals surface area contributed by atoms with Crippen LogP contribution in [0.3, 0.4) is 0 Å². The Labute approximate surface area is 123 Å². The lowest BCUT2D eigenvalue weighted by Crippen LogP contribution is -2.35. The van der Waals surface area contributed by atoms with Gasteiger partial charge in [0.05, 0.1) is 25.3 Å². The number of H-pyrrole nitrogens is 1. The highest BCUT2D eigenvalue weighted by atomic mass is 16.5. The quantitative estimate of drug-likeness (QED) is 0.889. The van der Waals surface area contributed by atoms with Crippen molar-refractivity contribution < 1.29 is 9.84 Å². The van der Waals surface area contributed by atoms with E-state index >= 15 is 0 Å². The van der Waals surface area contributed by atoms with Crippen molar-refractivity contribution in [3.8, 4) is 0 Å². The highest BCUT2D eigenvalue weighted by molar-refractivity contribution is 5.82. The second-order valence-electron chi connectivity index (χ2n) is 5.52. The zero-order valence-corrected chi connectivity index (χ0v) is 12.2. The molecule has 1 aliphatic rings. The first-order valence-electron chi connectivity index (χ1n) is 7.24. The smallest absolute Gasteiger partial charge is 0.192 e. The molecule has 1 saturated heterocycles. The highest BCUT2D eigenvalue weighted by Crippen LogP contribution is 2.19. The molecular weight excluding hydrogens is 268 g/mol. The second-order valence-corrected chi connectivity index (χ2v) is 5.52. The number of rotatable bonds is 3. The van der Waals surface area contributed by atoms with Crippen LogP contribution in [0.4, 0.5) is 0 Å². The van der Waals surface area contributed by atoms with Crippen LogP contribution in [0.15, 0.2) is 23.1 Å². The first-order valence-corrected chi connectivity index (χ1v) is 7.24. The van der Waals surface area contributed by atoms with E-state index in [-0.39, 0.29) is 12.0 Å². The molecule has 3 rings (SSSR count). The number of aromatic amines is 1. The molecule has 21 heavy (non-hydrogen) atoms. The maximum Gasteiger partial charge on any atom is 0.192 e. The van der Waals surface area contributed by atoms with Gasteiger partial charge in [0.25, 0.3) is 0 Å². The van der Waals surface area contributed by atoms with Crippen LogP contribution in [0, 0.1) is 6.92 Å². The molecule has 0 amide bonds. The molecule has 0 bridgehead atoms. The number of hydrogen-bond acceptors (Lipinski definition) is 4. The van der Waals surface area contributed by atoms with E-state index in [2.05, 4.69) is 9.88 Å². The van der Waals surface area contributed by atoms with Crippen LogP contribution in [-0.2, 0) is 17.9 Å². The van der Waals surface area contributed by atoms with Crippen molar-refractivity contribution in [1.82, 2.24) is 9.88 Å². The minimum Gasteiger partial charge on any atom is -0.392 e. The van der Waals surface area contributed by atoms with Crippen LogP contribution in [0.5, 0.6) is 0 Å². The van der Waals surface area contributed by atoms with E-state index in [9.17, 15) is 9.90 Å². The topological polar surface area (TPSA) is 65.6 Å². The molecular formula is C16H20N2O3. The maximum absolute atomic E-state index is 12.3. The maximum atomic E-state index is 12.3. The van der Waals surface area contributed by atoms with Crippen LogP contribution in [0.25, 0.3) is 10.9 Å². The van der Waals surface area contributed by atoms with E-state index in [1.165, 1.54) is 0 Å². The van der Waals surface area contributed by atoms with Crippen LogP contribution in [0.1, 0.15) is 16.7 Å². The number of ether oxygens (including phenoxy) is 1. The summed E-state index contributed by atoms with van der Waals surface area (Å²) in [6.07, 6.45) is 1.70. The van der Waals surface area contributed by atoms with Crippen molar-refractivity contribution in [3.63, 3.8) is 0 Å². The number of aliphatic hydroxyl groups excluding tert-OH is 1. The number of aromatic nitrogens is 1. The highest BCUT2D eigenvalue weighted by Gasteiger charge is 2.13. The molecule has 5 heteroatoms. The van der Waals surface area contributed by atoms with Gasteiger partial charge in [-0.2, -0.15) is 0 Å². The monoisotopic (exact) mass is 288 g/mol. The lowest BCUT2D eigenvalue weighted by Gasteiger charge is -2.26.